The lowest BCUT2D eigenvalue weighted by Crippen LogP contribution is -2.37. The molecular formula is C92H93Cl6F5N8O15. The monoisotopic (exact) mass is 1850 g/mol. The van der Waals surface area contributed by atoms with E-state index in [4.69, 9.17) is 88.6 Å². The molecule has 3 atom stereocenters. The van der Waals surface area contributed by atoms with Gasteiger partial charge in [-0.05, 0) is 201 Å². The van der Waals surface area contributed by atoms with E-state index in [2.05, 4.69) is 38.5 Å². The summed E-state index contributed by atoms with van der Waals surface area (Å²) in [4.78, 5) is 90.9. The number of nitrogens with zero attached hydrogens (tertiary/aromatic N) is 1. The Kier molecular flexibility index (Phi) is 35.0. The maximum atomic E-state index is 14.0. The number of anilines is 6. The van der Waals surface area contributed by atoms with Crippen LogP contribution >= 0.6 is 69.6 Å². The number of carbonyl (C=O) groups excluding carboxylic acids is 6. The number of phenols is 4. The van der Waals surface area contributed by atoms with Gasteiger partial charge in [0.25, 0.3) is 35.4 Å². The average molecular weight is 1860 g/mol. The number of aromatic hydroxyl groups is 4. The molecule has 0 aliphatic carbocycles. The van der Waals surface area contributed by atoms with Crippen LogP contribution in [0, 0.1) is 104 Å². The highest BCUT2D eigenvalue weighted by atomic mass is 35.5. The van der Waals surface area contributed by atoms with Crippen LogP contribution < -0.4 is 56.5 Å². The van der Waals surface area contributed by atoms with E-state index >= 15 is 0 Å². The minimum absolute atomic E-state index is 0.0519. The SMILES string of the molecule is CCC(Oc1ccc(C)cc1C)C(=O)Nc1cccc(C(=O)Nc2cc(Cl)c3[nH]c(=O)n(CC)c3c2O)c1.CCCCC(Oc1ccc(C)cc1C)C(=O)Nc1cc(Cl)c(C)c(Cl)c1O.Cc1ccc(OC(C(=O)Nc2cc(O)c(NC(=O)c3c(F)c(F)c(F)c(F)c3F)cc2Cl)C(C)C)c(C)c1.Cc1ccc(OCC(=O)Nc2cc(Cl)c(C)c(Cl)c2O)c(C)c1. The fourth-order valence-electron chi connectivity index (χ4n) is 12.6. The minimum Gasteiger partial charge on any atom is -0.506 e. The molecule has 34 heteroatoms. The van der Waals surface area contributed by atoms with Crippen molar-refractivity contribution in [3.05, 3.63) is 264 Å². The summed E-state index contributed by atoms with van der Waals surface area (Å²) < 4.78 is 92.8. The lowest BCUT2D eigenvalue weighted by molar-refractivity contribution is -0.124. The summed E-state index contributed by atoms with van der Waals surface area (Å²) in [6.45, 7) is 28.2. The number of aryl methyl sites for hydroxylation is 9. The molecule has 0 bridgehead atoms. The van der Waals surface area contributed by atoms with Crippen molar-refractivity contribution < 1.29 is 90.1 Å². The zero-order valence-electron chi connectivity index (χ0n) is 71.1. The Hall–Kier alpha value is -11.9. The predicted molar refractivity (Wildman–Crippen MR) is 484 cm³/mol. The first kappa shape index (κ1) is 99.5. The number of unbranched alkanes of at least 4 members (excludes halogenated alkanes) is 1. The third-order valence-electron chi connectivity index (χ3n) is 19.4. The molecule has 126 heavy (non-hydrogen) atoms. The van der Waals surface area contributed by atoms with E-state index in [1.54, 1.807) is 58.9 Å². The van der Waals surface area contributed by atoms with Crippen molar-refractivity contribution in [2.45, 2.75) is 154 Å². The highest BCUT2D eigenvalue weighted by molar-refractivity contribution is 6.39. The van der Waals surface area contributed by atoms with E-state index < -0.39 is 93.7 Å². The van der Waals surface area contributed by atoms with Gasteiger partial charge in [0.2, 0.25) is 5.82 Å². The molecule has 668 valence electrons. The fourth-order valence-corrected chi connectivity index (χ4v) is 13.9. The van der Waals surface area contributed by atoms with Gasteiger partial charge in [-0.2, -0.15) is 0 Å². The van der Waals surface area contributed by atoms with Gasteiger partial charge >= 0.3 is 5.69 Å². The summed E-state index contributed by atoms with van der Waals surface area (Å²) in [5, 5.41) is 57.2. The number of aromatic amines is 1. The quantitative estimate of drug-likeness (QED) is 0.0104. The summed E-state index contributed by atoms with van der Waals surface area (Å²) >= 11 is 36.6. The molecule has 11 aromatic rings. The van der Waals surface area contributed by atoms with Crippen LogP contribution in [0.4, 0.5) is 56.1 Å². The van der Waals surface area contributed by atoms with Crippen LogP contribution in [0.25, 0.3) is 11.0 Å². The number of benzene rings is 10. The lowest BCUT2D eigenvalue weighted by atomic mass is 10.1. The first-order valence-corrected chi connectivity index (χ1v) is 41.6. The molecular weight excluding hydrogens is 1760 g/mol. The number of amides is 6. The average Bonchev–Trinajstić information content (AvgIpc) is 1.65. The number of halogens is 11. The van der Waals surface area contributed by atoms with Crippen LogP contribution in [-0.4, -0.2) is 90.3 Å². The number of hydrogen-bond donors (Lipinski definition) is 11. The van der Waals surface area contributed by atoms with Gasteiger partial charge in [0.15, 0.2) is 65.4 Å². The van der Waals surface area contributed by atoms with Gasteiger partial charge < -0.3 is 76.3 Å². The molecule has 1 aromatic heterocycles. The van der Waals surface area contributed by atoms with Crippen molar-refractivity contribution in [3.8, 4) is 46.0 Å². The molecule has 11 rings (SSSR count). The van der Waals surface area contributed by atoms with Crippen LogP contribution in [0.1, 0.15) is 137 Å². The summed E-state index contributed by atoms with van der Waals surface area (Å²) in [6, 6.07) is 35.3. The fraction of sp³-hybridized carbons (Fsp3) is 0.272. The molecule has 3 unspecified atom stereocenters. The predicted octanol–water partition coefficient (Wildman–Crippen LogP) is 22.9. The summed E-state index contributed by atoms with van der Waals surface area (Å²) in [5.41, 5.74) is 7.86. The summed E-state index contributed by atoms with van der Waals surface area (Å²) in [6.07, 6.45) is 0.399. The molecule has 0 saturated carbocycles. The van der Waals surface area contributed by atoms with E-state index in [1.165, 1.54) is 28.8 Å². The second-order valence-electron chi connectivity index (χ2n) is 29.7. The minimum atomic E-state index is -2.43. The van der Waals surface area contributed by atoms with Crippen LogP contribution in [0.2, 0.25) is 30.1 Å². The number of aromatic nitrogens is 2. The van der Waals surface area contributed by atoms with Crippen molar-refractivity contribution in [2.75, 3.05) is 38.5 Å². The molecule has 0 spiro atoms. The first-order chi connectivity index (χ1) is 59.4. The molecule has 0 radical (unpaired) electrons. The summed E-state index contributed by atoms with van der Waals surface area (Å²) in [5.74, 6) is -15.0. The van der Waals surface area contributed by atoms with Crippen molar-refractivity contribution in [2.24, 2.45) is 5.92 Å². The smallest absolute Gasteiger partial charge is 0.326 e. The van der Waals surface area contributed by atoms with Crippen LogP contribution in [0.15, 0.2) is 132 Å². The molecule has 0 aliphatic rings. The number of hydrogen-bond acceptors (Lipinski definition) is 15. The molecule has 0 fully saturated rings. The van der Waals surface area contributed by atoms with Crippen molar-refractivity contribution in [1.82, 2.24) is 9.55 Å². The Morgan fingerprint density at radius 3 is 1.40 bits per heavy atom. The number of imidazole rings is 1. The highest BCUT2D eigenvalue weighted by Gasteiger charge is 2.33. The third-order valence-corrected chi connectivity index (χ3v) is 21.8. The number of phenolic OH excluding ortho intramolecular Hbond substituents is 4. The standard InChI is InChI=1S/C28H29ClN4O5.C26H22ClF5N2O4.C21H25Cl2NO3.C17H17Cl2NO3/c1-5-21(38-22-11-10-15(3)12-16(22)4)27(36)30-18-9-7-8-17(13-18)26(35)31-20-14-19(29)23-24(25(20)34)33(6-2)28(37)32-23;1-10(2)24(38-17-6-5-11(3)7-12(17)4)26(37)33-14-9-16(35)15(8-13(14)27)34-25(36)18-19(28)21(30)23(32)22(31)20(18)29;1-5-6-7-18(27-17-9-8-12(2)10-13(17)3)21(26)24-16-11-15(22)14(4)19(23)20(16)25;1-9-4-5-14(10(2)6-9)23-8-15(21)20-13-7-12(18)11(3)16(19)17(13)22/h7-14,21,34H,5-6H2,1-4H3,(H,30,36)(H,31,35)(H,32,37);5-10,24,35H,1-4H3,(H,33,37)(H,34,36);8-11,18,25H,5-7H2,1-4H3,(H,24,26);4-7,22H,8H2,1-3H3,(H,20,21). The maximum Gasteiger partial charge on any atom is 0.326 e. The molecule has 1 heterocycles. The van der Waals surface area contributed by atoms with Gasteiger partial charge in [-0.1, -0.05) is 181 Å². The van der Waals surface area contributed by atoms with E-state index in [9.17, 15) is 75.9 Å². The first-order valence-electron chi connectivity index (χ1n) is 39.3. The van der Waals surface area contributed by atoms with Crippen molar-refractivity contribution >= 4 is 150 Å². The number of ether oxygens (including phenoxy) is 4. The molecule has 10 aromatic carbocycles. The Morgan fingerprint density at radius 1 is 0.460 bits per heavy atom. The summed E-state index contributed by atoms with van der Waals surface area (Å²) in [7, 11) is 0. The van der Waals surface area contributed by atoms with Crippen LogP contribution in [0.5, 0.6) is 46.0 Å². The highest BCUT2D eigenvalue weighted by Crippen LogP contribution is 2.43. The van der Waals surface area contributed by atoms with Crippen LogP contribution in [0.3, 0.4) is 0 Å². The van der Waals surface area contributed by atoms with Gasteiger partial charge in [-0.25, -0.2) is 26.7 Å². The number of rotatable bonds is 26. The topological polar surface area (TPSA) is 330 Å². The van der Waals surface area contributed by atoms with Gasteiger partial charge in [-0.15, -0.1) is 0 Å². The normalized spacial score (nSPS) is 11.6. The Labute approximate surface area is 753 Å². The Morgan fingerprint density at radius 2 is 0.905 bits per heavy atom. The second-order valence-corrected chi connectivity index (χ2v) is 32.1. The van der Waals surface area contributed by atoms with E-state index in [-0.39, 0.29) is 101 Å². The van der Waals surface area contributed by atoms with E-state index in [1.807, 2.05) is 134 Å². The molecule has 23 nitrogen and oxygen atoms in total. The van der Waals surface area contributed by atoms with Gasteiger partial charge in [0.05, 0.1) is 54.0 Å². The zero-order valence-corrected chi connectivity index (χ0v) is 75.6. The molecule has 11 N–H and O–H groups in total. The number of nitrogens with one attached hydrogen (secondary N) is 7. The van der Waals surface area contributed by atoms with Crippen molar-refractivity contribution in [1.29, 1.82) is 0 Å². The van der Waals surface area contributed by atoms with E-state index in [0.29, 0.717) is 69.2 Å². The van der Waals surface area contributed by atoms with Gasteiger partial charge in [0, 0.05) is 33.9 Å². The van der Waals surface area contributed by atoms with Crippen molar-refractivity contribution in [3.63, 3.8) is 0 Å². The number of fused-ring (bicyclic) bond motifs is 1. The number of carbonyl (C=O) groups is 6. The molecule has 0 saturated heterocycles. The largest absolute Gasteiger partial charge is 0.506 e. The second kappa shape index (κ2) is 44.3. The Bertz CT molecular complexity index is 6000. The van der Waals surface area contributed by atoms with E-state index in [0.717, 1.165) is 69.5 Å². The van der Waals surface area contributed by atoms with Crippen LogP contribution in [-0.2, 0) is 25.7 Å². The number of H-pyrrole nitrogens is 1. The third kappa shape index (κ3) is 25.0. The maximum absolute atomic E-state index is 14.0. The molecule has 0 aliphatic heterocycles. The van der Waals surface area contributed by atoms with Gasteiger partial charge in [-0.3, -0.25) is 33.3 Å². The molecule has 6 amide bonds. The zero-order chi connectivity index (χ0) is 93.3. The Balaban J connectivity index is 0.000000212. The van der Waals surface area contributed by atoms with Gasteiger partial charge in [0.1, 0.15) is 39.8 Å². The lowest BCUT2D eigenvalue weighted by Gasteiger charge is -2.23.